The van der Waals surface area contributed by atoms with Gasteiger partial charge < -0.3 is 14.7 Å². The molecule has 1 aliphatic heterocycles. The molecule has 0 bridgehead atoms. The van der Waals surface area contributed by atoms with Gasteiger partial charge in [-0.1, -0.05) is 35.5 Å². The van der Waals surface area contributed by atoms with E-state index in [1.807, 2.05) is 13.8 Å². The Morgan fingerprint density at radius 1 is 1.31 bits per heavy atom. The first-order valence-electron chi connectivity index (χ1n) is 9.19. The SMILES string of the molecule is CCNC(=NCCc1c(C)noc1C)N1CCC(c2ccccc2)C1.I. The Bertz CT molecular complexity index is 694. The number of aryl methyl sites for hydroxylation is 2. The molecule has 1 N–H and O–H groups in total. The fourth-order valence-electron chi connectivity index (χ4n) is 3.51. The molecular weight excluding hydrogens is 439 g/mol. The molecule has 3 rings (SSSR count). The van der Waals surface area contributed by atoms with E-state index < -0.39 is 0 Å². The van der Waals surface area contributed by atoms with Gasteiger partial charge in [0.1, 0.15) is 5.76 Å². The highest BCUT2D eigenvalue weighted by atomic mass is 127. The van der Waals surface area contributed by atoms with Crippen LogP contribution < -0.4 is 5.32 Å². The Hall–Kier alpha value is -1.57. The van der Waals surface area contributed by atoms with Crippen LogP contribution in [0.15, 0.2) is 39.8 Å². The fourth-order valence-corrected chi connectivity index (χ4v) is 3.51. The van der Waals surface area contributed by atoms with Crippen molar-refractivity contribution in [1.29, 1.82) is 0 Å². The molecule has 2 aromatic rings. The van der Waals surface area contributed by atoms with Crippen LogP contribution in [0, 0.1) is 13.8 Å². The van der Waals surface area contributed by atoms with Gasteiger partial charge in [0.05, 0.1) is 5.69 Å². The summed E-state index contributed by atoms with van der Waals surface area (Å²) in [6.45, 7) is 9.79. The van der Waals surface area contributed by atoms with Crippen molar-refractivity contribution in [3.8, 4) is 0 Å². The van der Waals surface area contributed by atoms with Crippen molar-refractivity contribution in [2.24, 2.45) is 4.99 Å². The zero-order valence-corrected chi connectivity index (χ0v) is 18.2. The molecule has 1 aliphatic rings. The number of aliphatic imine (C=N–C) groups is 1. The van der Waals surface area contributed by atoms with Crippen LogP contribution in [0.1, 0.15) is 41.8 Å². The molecule has 5 nitrogen and oxygen atoms in total. The van der Waals surface area contributed by atoms with Gasteiger partial charge in [0.2, 0.25) is 0 Å². The van der Waals surface area contributed by atoms with Crippen LogP contribution in [-0.4, -0.2) is 42.2 Å². The van der Waals surface area contributed by atoms with Crippen LogP contribution in [0.5, 0.6) is 0 Å². The molecule has 0 saturated carbocycles. The third kappa shape index (κ3) is 4.99. The van der Waals surface area contributed by atoms with Crippen molar-refractivity contribution in [2.45, 2.75) is 39.5 Å². The summed E-state index contributed by atoms with van der Waals surface area (Å²) < 4.78 is 5.24. The zero-order chi connectivity index (χ0) is 17.6. The summed E-state index contributed by atoms with van der Waals surface area (Å²) >= 11 is 0. The van der Waals surface area contributed by atoms with E-state index in [4.69, 9.17) is 9.52 Å². The van der Waals surface area contributed by atoms with E-state index in [0.717, 1.165) is 50.0 Å². The lowest BCUT2D eigenvalue weighted by Gasteiger charge is -2.21. The Morgan fingerprint density at radius 3 is 2.73 bits per heavy atom. The minimum Gasteiger partial charge on any atom is -0.361 e. The van der Waals surface area contributed by atoms with Gasteiger partial charge in [0, 0.05) is 37.7 Å². The predicted octanol–water partition coefficient (Wildman–Crippen LogP) is 3.91. The number of guanidine groups is 1. The van der Waals surface area contributed by atoms with Crippen LogP contribution in [0.4, 0.5) is 0 Å². The Labute approximate surface area is 173 Å². The van der Waals surface area contributed by atoms with E-state index in [1.54, 1.807) is 0 Å². The molecule has 0 radical (unpaired) electrons. The second-order valence-electron chi connectivity index (χ2n) is 6.63. The van der Waals surface area contributed by atoms with Gasteiger partial charge in [-0.15, -0.1) is 24.0 Å². The zero-order valence-electron chi connectivity index (χ0n) is 15.9. The molecule has 1 saturated heterocycles. The maximum absolute atomic E-state index is 5.24. The van der Waals surface area contributed by atoms with Crippen LogP contribution in [0.25, 0.3) is 0 Å². The minimum absolute atomic E-state index is 0. The number of rotatable bonds is 5. The van der Waals surface area contributed by atoms with Crippen molar-refractivity contribution < 1.29 is 4.52 Å². The normalized spacial score (nSPS) is 17.3. The highest BCUT2D eigenvalue weighted by Gasteiger charge is 2.25. The summed E-state index contributed by atoms with van der Waals surface area (Å²) in [6.07, 6.45) is 2.05. The molecular formula is C20H29IN4O. The minimum atomic E-state index is 0. The van der Waals surface area contributed by atoms with Crippen molar-refractivity contribution in [3.05, 3.63) is 52.9 Å². The summed E-state index contributed by atoms with van der Waals surface area (Å²) in [5.41, 5.74) is 3.59. The number of nitrogens with zero attached hydrogens (tertiary/aromatic N) is 3. The molecule has 1 unspecified atom stereocenters. The maximum Gasteiger partial charge on any atom is 0.193 e. The second-order valence-corrected chi connectivity index (χ2v) is 6.63. The summed E-state index contributed by atoms with van der Waals surface area (Å²) in [6, 6.07) is 10.8. The largest absolute Gasteiger partial charge is 0.361 e. The molecule has 1 fully saturated rings. The fraction of sp³-hybridized carbons (Fsp3) is 0.500. The molecule has 142 valence electrons. The highest BCUT2D eigenvalue weighted by molar-refractivity contribution is 14.0. The number of hydrogen-bond acceptors (Lipinski definition) is 3. The highest BCUT2D eigenvalue weighted by Crippen LogP contribution is 2.26. The smallest absolute Gasteiger partial charge is 0.193 e. The topological polar surface area (TPSA) is 53.7 Å². The quantitative estimate of drug-likeness (QED) is 0.411. The van der Waals surface area contributed by atoms with Gasteiger partial charge >= 0.3 is 0 Å². The summed E-state index contributed by atoms with van der Waals surface area (Å²) in [4.78, 5) is 7.23. The third-order valence-corrected chi connectivity index (χ3v) is 4.90. The van der Waals surface area contributed by atoms with Crippen LogP contribution in [0.2, 0.25) is 0 Å². The van der Waals surface area contributed by atoms with E-state index in [0.29, 0.717) is 5.92 Å². The summed E-state index contributed by atoms with van der Waals surface area (Å²) in [5.74, 6) is 2.52. The first-order valence-corrected chi connectivity index (χ1v) is 9.19. The number of hydrogen-bond donors (Lipinski definition) is 1. The Kier molecular flexibility index (Phi) is 7.93. The Balaban J connectivity index is 0.00000243. The predicted molar refractivity (Wildman–Crippen MR) is 116 cm³/mol. The molecule has 1 atom stereocenters. The Morgan fingerprint density at radius 2 is 2.08 bits per heavy atom. The van der Waals surface area contributed by atoms with Gasteiger partial charge in [-0.3, -0.25) is 4.99 Å². The van der Waals surface area contributed by atoms with Crippen molar-refractivity contribution in [1.82, 2.24) is 15.4 Å². The van der Waals surface area contributed by atoms with Crippen LogP contribution in [-0.2, 0) is 6.42 Å². The number of aromatic nitrogens is 1. The van der Waals surface area contributed by atoms with Crippen molar-refractivity contribution in [2.75, 3.05) is 26.2 Å². The maximum atomic E-state index is 5.24. The van der Waals surface area contributed by atoms with Crippen molar-refractivity contribution in [3.63, 3.8) is 0 Å². The molecule has 0 amide bonds. The molecule has 1 aromatic carbocycles. The van der Waals surface area contributed by atoms with E-state index in [9.17, 15) is 0 Å². The standard InChI is InChI=1S/C20H28N4O.HI/c1-4-21-20(22-12-10-19-15(2)23-25-16(19)3)24-13-11-18(14-24)17-8-6-5-7-9-17;/h5-9,18H,4,10-14H2,1-3H3,(H,21,22);1H. The molecule has 26 heavy (non-hydrogen) atoms. The number of halogens is 1. The van der Waals surface area contributed by atoms with Gasteiger partial charge in [-0.2, -0.15) is 0 Å². The third-order valence-electron chi connectivity index (χ3n) is 4.90. The molecule has 1 aromatic heterocycles. The summed E-state index contributed by atoms with van der Waals surface area (Å²) in [5, 5.41) is 7.46. The first-order chi connectivity index (χ1) is 12.2. The lowest BCUT2D eigenvalue weighted by atomic mass is 9.99. The van der Waals surface area contributed by atoms with Crippen LogP contribution in [0.3, 0.4) is 0 Å². The van der Waals surface area contributed by atoms with E-state index in [-0.39, 0.29) is 24.0 Å². The molecule has 2 heterocycles. The van der Waals surface area contributed by atoms with E-state index >= 15 is 0 Å². The molecule has 0 aliphatic carbocycles. The van der Waals surface area contributed by atoms with Crippen molar-refractivity contribution >= 4 is 29.9 Å². The first kappa shape index (κ1) is 20.7. The average molecular weight is 468 g/mol. The van der Waals surface area contributed by atoms with Crippen LogP contribution >= 0.6 is 24.0 Å². The van der Waals surface area contributed by atoms with Gasteiger partial charge in [0.15, 0.2) is 5.96 Å². The average Bonchev–Trinajstić information content (AvgIpc) is 3.24. The van der Waals surface area contributed by atoms with E-state index in [2.05, 4.69) is 52.6 Å². The lowest BCUT2D eigenvalue weighted by Crippen LogP contribution is -2.40. The number of likely N-dealkylation sites (tertiary alicyclic amines) is 1. The van der Waals surface area contributed by atoms with E-state index in [1.165, 1.54) is 17.5 Å². The lowest BCUT2D eigenvalue weighted by molar-refractivity contribution is 0.392. The number of benzene rings is 1. The molecule has 0 spiro atoms. The second kappa shape index (κ2) is 9.94. The summed E-state index contributed by atoms with van der Waals surface area (Å²) in [7, 11) is 0. The monoisotopic (exact) mass is 468 g/mol. The number of nitrogens with one attached hydrogen (secondary N) is 1. The van der Waals surface area contributed by atoms with Gasteiger partial charge in [0.25, 0.3) is 0 Å². The van der Waals surface area contributed by atoms with Gasteiger partial charge in [-0.25, -0.2) is 0 Å². The van der Waals surface area contributed by atoms with Gasteiger partial charge in [-0.05, 0) is 39.2 Å². The molecule has 6 heteroatoms.